The quantitative estimate of drug-likeness (QED) is 0.350. The van der Waals surface area contributed by atoms with Crippen LogP contribution in [0.3, 0.4) is 0 Å². The van der Waals surface area contributed by atoms with Crippen LogP contribution in [0.5, 0.6) is 0 Å². The first-order chi connectivity index (χ1) is 7.72. The molecule has 16 heavy (non-hydrogen) atoms. The summed E-state index contributed by atoms with van der Waals surface area (Å²) in [4.78, 5) is 23.4. The Morgan fingerprint density at radius 3 is 2.62 bits per heavy atom. The maximum atomic E-state index is 12.0. The number of alkyl halides is 1. The second-order valence-electron chi connectivity index (χ2n) is 3.73. The van der Waals surface area contributed by atoms with Gasteiger partial charge in [0.1, 0.15) is 12.0 Å². The van der Waals surface area contributed by atoms with Crippen LogP contribution in [0.1, 0.15) is 16.8 Å². The average molecular weight is 239 g/mol. The number of carbonyl (C=O) groups is 2. The van der Waals surface area contributed by atoms with Crippen LogP contribution in [0, 0.1) is 5.92 Å². The molecule has 0 bridgehead atoms. The van der Waals surface area contributed by atoms with Crippen molar-refractivity contribution in [2.75, 3.05) is 5.88 Å². The number of halogens is 1. The standard InChI is InChI=1S/C12H11ClO3/c13-7-9-6-10(12(15)16-9)11(14)8-4-2-1-3-5-8/h1-5,9-10H,6-7H2. The van der Waals surface area contributed by atoms with E-state index in [2.05, 4.69) is 0 Å². The lowest BCUT2D eigenvalue weighted by molar-refractivity contribution is -0.142. The minimum Gasteiger partial charge on any atom is -0.461 e. The summed E-state index contributed by atoms with van der Waals surface area (Å²) in [7, 11) is 0. The first-order valence-electron chi connectivity index (χ1n) is 5.08. The van der Waals surface area contributed by atoms with Crippen LogP contribution in [0.4, 0.5) is 0 Å². The summed E-state index contributed by atoms with van der Waals surface area (Å²) in [5.41, 5.74) is 0.541. The monoisotopic (exact) mass is 238 g/mol. The highest BCUT2D eigenvalue weighted by Crippen LogP contribution is 2.25. The molecule has 0 N–H and O–H groups in total. The van der Waals surface area contributed by atoms with Crippen molar-refractivity contribution in [1.82, 2.24) is 0 Å². The normalized spacial score (nSPS) is 24.2. The maximum absolute atomic E-state index is 12.0. The Kier molecular flexibility index (Phi) is 3.25. The molecule has 1 aromatic rings. The lowest BCUT2D eigenvalue weighted by Gasteiger charge is -2.03. The van der Waals surface area contributed by atoms with Crippen molar-refractivity contribution in [2.45, 2.75) is 12.5 Å². The number of cyclic esters (lactones) is 1. The van der Waals surface area contributed by atoms with Gasteiger partial charge in [0.05, 0.1) is 5.88 Å². The van der Waals surface area contributed by atoms with E-state index in [4.69, 9.17) is 16.3 Å². The number of benzene rings is 1. The fourth-order valence-electron chi connectivity index (χ4n) is 1.77. The fraction of sp³-hybridized carbons (Fsp3) is 0.333. The van der Waals surface area contributed by atoms with Crippen LogP contribution in [-0.2, 0) is 9.53 Å². The molecule has 1 saturated heterocycles. The van der Waals surface area contributed by atoms with Crippen molar-refractivity contribution in [2.24, 2.45) is 5.92 Å². The van der Waals surface area contributed by atoms with Gasteiger partial charge >= 0.3 is 5.97 Å². The third-order valence-corrected chi connectivity index (χ3v) is 2.96. The van der Waals surface area contributed by atoms with Gasteiger partial charge in [0.25, 0.3) is 0 Å². The van der Waals surface area contributed by atoms with Gasteiger partial charge in [-0.25, -0.2) is 0 Å². The summed E-state index contributed by atoms with van der Waals surface area (Å²) in [6.45, 7) is 0. The number of esters is 1. The Hall–Kier alpha value is -1.35. The predicted molar refractivity (Wildman–Crippen MR) is 59.5 cm³/mol. The van der Waals surface area contributed by atoms with Gasteiger partial charge in [0.2, 0.25) is 0 Å². The van der Waals surface area contributed by atoms with Crippen LogP contribution < -0.4 is 0 Å². The molecule has 2 unspecified atom stereocenters. The van der Waals surface area contributed by atoms with Gasteiger partial charge in [-0.2, -0.15) is 0 Å². The Morgan fingerprint density at radius 2 is 2.06 bits per heavy atom. The minimum absolute atomic E-state index is 0.182. The summed E-state index contributed by atoms with van der Waals surface area (Å²) < 4.78 is 4.97. The topological polar surface area (TPSA) is 43.4 Å². The SMILES string of the molecule is O=C1OC(CCl)CC1C(=O)c1ccccc1. The van der Waals surface area contributed by atoms with Crippen molar-refractivity contribution in [3.63, 3.8) is 0 Å². The molecule has 1 heterocycles. The van der Waals surface area contributed by atoms with Crippen LogP contribution in [0.25, 0.3) is 0 Å². The molecule has 4 heteroatoms. The van der Waals surface area contributed by atoms with Crippen molar-refractivity contribution in [3.8, 4) is 0 Å². The van der Waals surface area contributed by atoms with Crippen molar-refractivity contribution in [1.29, 1.82) is 0 Å². The van der Waals surface area contributed by atoms with Gasteiger partial charge in [0.15, 0.2) is 5.78 Å². The Labute approximate surface area is 98.4 Å². The first kappa shape index (κ1) is 11.1. The molecule has 0 spiro atoms. The molecule has 0 radical (unpaired) electrons. The zero-order valence-corrected chi connectivity index (χ0v) is 9.31. The molecule has 0 amide bonds. The second kappa shape index (κ2) is 4.66. The van der Waals surface area contributed by atoms with Gasteiger partial charge in [0, 0.05) is 12.0 Å². The molecule has 0 saturated carbocycles. The molecular weight excluding hydrogens is 228 g/mol. The zero-order valence-electron chi connectivity index (χ0n) is 8.56. The minimum atomic E-state index is -0.689. The van der Waals surface area contributed by atoms with E-state index in [1.807, 2.05) is 6.07 Å². The number of ether oxygens (including phenoxy) is 1. The molecule has 0 aliphatic carbocycles. The highest BCUT2D eigenvalue weighted by atomic mass is 35.5. The highest BCUT2D eigenvalue weighted by Gasteiger charge is 2.39. The van der Waals surface area contributed by atoms with Crippen LogP contribution in [0.2, 0.25) is 0 Å². The number of Topliss-reactive ketones (excluding diaryl/α,β-unsaturated/α-hetero) is 1. The number of ketones is 1. The third-order valence-electron chi connectivity index (χ3n) is 2.61. The Morgan fingerprint density at radius 1 is 1.38 bits per heavy atom. The predicted octanol–water partition coefficient (Wildman–Crippen LogP) is 2.04. The fourth-order valence-corrected chi connectivity index (χ4v) is 1.95. The van der Waals surface area contributed by atoms with Gasteiger partial charge in [-0.15, -0.1) is 11.6 Å². The lowest BCUT2D eigenvalue weighted by Crippen LogP contribution is -2.19. The van der Waals surface area contributed by atoms with Crippen molar-refractivity contribution < 1.29 is 14.3 Å². The largest absolute Gasteiger partial charge is 0.461 e. The molecule has 3 nitrogen and oxygen atoms in total. The number of hydrogen-bond acceptors (Lipinski definition) is 3. The maximum Gasteiger partial charge on any atom is 0.317 e. The molecule has 1 fully saturated rings. The third kappa shape index (κ3) is 2.09. The zero-order chi connectivity index (χ0) is 11.5. The molecule has 2 atom stereocenters. The van der Waals surface area contributed by atoms with E-state index in [-0.39, 0.29) is 17.8 Å². The van der Waals surface area contributed by atoms with Crippen LogP contribution in [-0.4, -0.2) is 23.7 Å². The summed E-state index contributed by atoms with van der Waals surface area (Å²) >= 11 is 5.60. The summed E-state index contributed by atoms with van der Waals surface area (Å²) in [6, 6.07) is 8.76. The molecule has 1 aliphatic heterocycles. The van der Waals surface area contributed by atoms with Gasteiger partial charge in [-0.3, -0.25) is 9.59 Å². The van der Waals surface area contributed by atoms with E-state index in [0.717, 1.165) is 0 Å². The molecule has 0 aromatic heterocycles. The smallest absolute Gasteiger partial charge is 0.317 e. The summed E-state index contributed by atoms with van der Waals surface area (Å²) in [6.07, 6.45) is 0.0580. The Bertz CT molecular complexity index is 402. The first-order valence-corrected chi connectivity index (χ1v) is 5.61. The molecule has 84 valence electrons. The van der Waals surface area contributed by atoms with Crippen LogP contribution in [0.15, 0.2) is 30.3 Å². The highest BCUT2D eigenvalue weighted by molar-refractivity contribution is 6.18. The summed E-state index contributed by atoms with van der Waals surface area (Å²) in [5.74, 6) is -1.09. The molecule has 1 aromatic carbocycles. The van der Waals surface area contributed by atoms with Crippen LogP contribution >= 0.6 is 11.6 Å². The number of rotatable bonds is 3. The van der Waals surface area contributed by atoms with E-state index >= 15 is 0 Å². The van der Waals surface area contributed by atoms with Gasteiger partial charge < -0.3 is 4.74 Å². The molecule has 1 aliphatic rings. The van der Waals surface area contributed by atoms with E-state index in [9.17, 15) is 9.59 Å². The summed E-state index contributed by atoms with van der Waals surface area (Å²) in [5, 5.41) is 0. The lowest BCUT2D eigenvalue weighted by atomic mass is 9.95. The molecule has 2 rings (SSSR count). The van der Waals surface area contributed by atoms with Gasteiger partial charge in [-0.1, -0.05) is 30.3 Å². The van der Waals surface area contributed by atoms with E-state index in [1.165, 1.54) is 0 Å². The van der Waals surface area contributed by atoms with Gasteiger partial charge in [-0.05, 0) is 0 Å². The Balaban J connectivity index is 2.15. The number of carbonyl (C=O) groups excluding carboxylic acids is 2. The van der Waals surface area contributed by atoms with E-state index in [1.54, 1.807) is 24.3 Å². The molecular formula is C12H11ClO3. The van der Waals surface area contributed by atoms with Crippen molar-refractivity contribution >= 4 is 23.4 Å². The van der Waals surface area contributed by atoms with E-state index < -0.39 is 11.9 Å². The number of hydrogen-bond donors (Lipinski definition) is 0. The average Bonchev–Trinajstić information content (AvgIpc) is 2.71. The second-order valence-corrected chi connectivity index (χ2v) is 4.04. The van der Waals surface area contributed by atoms with E-state index in [0.29, 0.717) is 12.0 Å². The van der Waals surface area contributed by atoms with Crippen molar-refractivity contribution in [3.05, 3.63) is 35.9 Å².